The van der Waals surface area contributed by atoms with E-state index in [0.29, 0.717) is 5.41 Å². The minimum absolute atomic E-state index is 0.238. The van der Waals surface area contributed by atoms with Gasteiger partial charge in [0.15, 0.2) is 0 Å². The number of hydrogen-bond acceptors (Lipinski definition) is 2. The Kier molecular flexibility index (Phi) is 4.81. The summed E-state index contributed by atoms with van der Waals surface area (Å²) >= 11 is 0. The molecule has 1 aliphatic heterocycles. The van der Waals surface area contributed by atoms with Crippen LogP contribution in [-0.4, -0.2) is 36.6 Å². The zero-order chi connectivity index (χ0) is 12.2. The third-order valence-corrected chi connectivity index (χ3v) is 3.70. The molecule has 1 fully saturated rings. The predicted molar refractivity (Wildman–Crippen MR) is 71.8 cm³/mol. The highest BCUT2D eigenvalue weighted by Crippen LogP contribution is 2.24. The molecule has 0 aromatic carbocycles. The van der Waals surface area contributed by atoms with Crippen LogP contribution in [0.1, 0.15) is 53.9 Å². The Labute approximate surface area is 102 Å². The number of hydrogen-bond donors (Lipinski definition) is 1. The van der Waals surface area contributed by atoms with Gasteiger partial charge in [-0.3, -0.25) is 0 Å². The molecule has 2 heteroatoms. The summed E-state index contributed by atoms with van der Waals surface area (Å²) in [7, 11) is 0. The molecule has 1 atom stereocenters. The maximum absolute atomic E-state index is 3.66. The van der Waals surface area contributed by atoms with Gasteiger partial charge in [-0.05, 0) is 58.5 Å². The van der Waals surface area contributed by atoms with Gasteiger partial charge in [-0.15, -0.1) is 0 Å². The van der Waals surface area contributed by atoms with Crippen LogP contribution in [0.25, 0.3) is 0 Å². The Balaban J connectivity index is 2.42. The van der Waals surface area contributed by atoms with Gasteiger partial charge in [0.05, 0.1) is 0 Å². The average molecular weight is 226 g/mol. The van der Waals surface area contributed by atoms with Crippen molar-refractivity contribution in [1.82, 2.24) is 10.2 Å². The molecule has 2 nitrogen and oxygen atoms in total. The number of likely N-dealkylation sites (tertiary alicyclic amines) is 1. The van der Waals surface area contributed by atoms with Crippen molar-refractivity contribution in [2.75, 3.05) is 26.2 Å². The molecule has 1 unspecified atom stereocenters. The van der Waals surface area contributed by atoms with E-state index in [1.165, 1.54) is 38.9 Å². The summed E-state index contributed by atoms with van der Waals surface area (Å²) in [5.41, 5.74) is 0.666. The van der Waals surface area contributed by atoms with E-state index < -0.39 is 0 Å². The highest BCUT2D eigenvalue weighted by molar-refractivity contribution is 4.84. The van der Waals surface area contributed by atoms with Crippen molar-refractivity contribution >= 4 is 0 Å². The van der Waals surface area contributed by atoms with E-state index in [4.69, 9.17) is 0 Å². The quantitative estimate of drug-likeness (QED) is 0.775. The van der Waals surface area contributed by atoms with Gasteiger partial charge in [0, 0.05) is 18.6 Å². The minimum atomic E-state index is 0.238. The van der Waals surface area contributed by atoms with E-state index in [2.05, 4.69) is 44.8 Å². The maximum Gasteiger partial charge on any atom is 0.00967 e. The van der Waals surface area contributed by atoms with Crippen molar-refractivity contribution in [3.63, 3.8) is 0 Å². The van der Waals surface area contributed by atoms with Crippen LogP contribution < -0.4 is 5.32 Å². The molecule has 0 bridgehead atoms. The van der Waals surface area contributed by atoms with Gasteiger partial charge in [-0.2, -0.15) is 0 Å². The fraction of sp³-hybridized carbons (Fsp3) is 1.00. The molecule has 0 radical (unpaired) electrons. The van der Waals surface area contributed by atoms with Gasteiger partial charge >= 0.3 is 0 Å². The smallest absolute Gasteiger partial charge is 0.00967 e. The van der Waals surface area contributed by atoms with Crippen molar-refractivity contribution in [3.05, 3.63) is 0 Å². The molecule has 0 saturated carbocycles. The lowest BCUT2D eigenvalue weighted by Gasteiger charge is -2.36. The third-order valence-electron chi connectivity index (χ3n) is 3.70. The zero-order valence-corrected chi connectivity index (χ0v) is 11.9. The molecule has 1 aliphatic rings. The third kappa shape index (κ3) is 4.84. The van der Waals surface area contributed by atoms with Gasteiger partial charge in [-0.1, -0.05) is 13.8 Å². The lowest BCUT2D eigenvalue weighted by atomic mass is 9.86. The lowest BCUT2D eigenvalue weighted by molar-refractivity contribution is 0.168. The highest BCUT2D eigenvalue weighted by atomic mass is 15.1. The van der Waals surface area contributed by atoms with Gasteiger partial charge in [0.2, 0.25) is 0 Å². The molecule has 0 aromatic heterocycles. The summed E-state index contributed by atoms with van der Waals surface area (Å²) in [6.45, 7) is 16.5. The minimum Gasteiger partial charge on any atom is -0.311 e. The van der Waals surface area contributed by atoms with E-state index in [1.54, 1.807) is 0 Å². The topological polar surface area (TPSA) is 15.3 Å². The summed E-state index contributed by atoms with van der Waals surface area (Å²) in [6.07, 6.45) is 4.05. The first-order chi connectivity index (χ1) is 7.35. The first kappa shape index (κ1) is 14.0. The Hall–Kier alpha value is -0.0800. The molecule has 1 saturated heterocycles. The van der Waals surface area contributed by atoms with Gasteiger partial charge < -0.3 is 10.2 Å². The van der Waals surface area contributed by atoms with Crippen LogP contribution in [0.3, 0.4) is 0 Å². The number of rotatable bonds is 5. The van der Waals surface area contributed by atoms with Crippen LogP contribution in [0.5, 0.6) is 0 Å². The van der Waals surface area contributed by atoms with E-state index in [0.717, 1.165) is 6.54 Å². The Morgan fingerprint density at radius 1 is 1.06 bits per heavy atom. The van der Waals surface area contributed by atoms with Crippen LogP contribution in [0.2, 0.25) is 0 Å². The van der Waals surface area contributed by atoms with E-state index in [-0.39, 0.29) is 5.54 Å². The standard InChI is InChI=1S/C14H30N2/c1-6-14(5,11-15-13(2,3)4)12-16-9-7-8-10-16/h15H,6-12H2,1-5H3. The van der Waals surface area contributed by atoms with Crippen LogP contribution >= 0.6 is 0 Å². The van der Waals surface area contributed by atoms with Crippen molar-refractivity contribution in [2.45, 2.75) is 59.4 Å². The van der Waals surface area contributed by atoms with Gasteiger partial charge in [0.25, 0.3) is 0 Å². The second-order valence-electron chi connectivity index (χ2n) is 6.75. The largest absolute Gasteiger partial charge is 0.311 e. The molecule has 0 amide bonds. The van der Waals surface area contributed by atoms with Crippen molar-refractivity contribution < 1.29 is 0 Å². The zero-order valence-electron chi connectivity index (χ0n) is 11.9. The second kappa shape index (κ2) is 5.50. The molecule has 1 heterocycles. The second-order valence-corrected chi connectivity index (χ2v) is 6.75. The van der Waals surface area contributed by atoms with E-state index >= 15 is 0 Å². The fourth-order valence-electron chi connectivity index (χ4n) is 2.25. The van der Waals surface area contributed by atoms with Crippen LogP contribution in [0.15, 0.2) is 0 Å². The first-order valence-electron chi connectivity index (χ1n) is 6.82. The monoisotopic (exact) mass is 226 g/mol. The summed E-state index contributed by atoms with van der Waals surface area (Å²) in [6, 6.07) is 0. The maximum atomic E-state index is 3.66. The Morgan fingerprint density at radius 3 is 2.06 bits per heavy atom. The molecule has 16 heavy (non-hydrogen) atoms. The van der Waals surface area contributed by atoms with Gasteiger partial charge in [0.1, 0.15) is 0 Å². The van der Waals surface area contributed by atoms with Crippen molar-refractivity contribution in [1.29, 1.82) is 0 Å². The summed E-state index contributed by atoms with van der Waals surface area (Å²) in [5, 5.41) is 3.66. The van der Waals surface area contributed by atoms with Crippen molar-refractivity contribution in [2.24, 2.45) is 5.41 Å². The van der Waals surface area contributed by atoms with Crippen LogP contribution in [0.4, 0.5) is 0 Å². The van der Waals surface area contributed by atoms with E-state index in [1.807, 2.05) is 0 Å². The van der Waals surface area contributed by atoms with Gasteiger partial charge in [-0.25, -0.2) is 0 Å². The summed E-state index contributed by atoms with van der Waals surface area (Å²) in [5.74, 6) is 0. The molecule has 1 N–H and O–H groups in total. The van der Waals surface area contributed by atoms with Crippen molar-refractivity contribution in [3.8, 4) is 0 Å². The fourth-order valence-corrected chi connectivity index (χ4v) is 2.25. The molecule has 1 rings (SSSR count). The normalized spacial score (nSPS) is 22.3. The summed E-state index contributed by atoms with van der Waals surface area (Å²) in [4.78, 5) is 2.63. The molecular formula is C14H30N2. The molecule has 0 spiro atoms. The molecule has 0 aliphatic carbocycles. The highest BCUT2D eigenvalue weighted by Gasteiger charge is 2.27. The molecular weight excluding hydrogens is 196 g/mol. The number of nitrogens with one attached hydrogen (secondary N) is 1. The first-order valence-corrected chi connectivity index (χ1v) is 6.82. The molecule has 0 aromatic rings. The Bertz CT molecular complexity index is 201. The lowest BCUT2D eigenvalue weighted by Crippen LogP contribution is -2.46. The SMILES string of the molecule is CCC(C)(CNC(C)(C)C)CN1CCCC1. The van der Waals surface area contributed by atoms with Crippen LogP contribution in [-0.2, 0) is 0 Å². The molecule has 96 valence electrons. The summed E-state index contributed by atoms with van der Waals surface area (Å²) < 4.78 is 0. The predicted octanol–water partition coefficient (Wildman–Crippen LogP) is 2.89. The van der Waals surface area contributed by atoms with Crippen LogP contribution in [0, 0.1) is 5.41 Å². The number of nitrogens with zero attached hydrogens (tertiary/aromatic N) is 1. The van der Waals surface area contributed by atoms with E-state index in [9.17, 15) is 0 Å². The Morgan fingerprint density at radius 2 is 1.62 bits per heavy atom. The average Bonchev–Trinajstić information content (AvgIpc) is 2.66.